The van der Waals surface area contributed by atoms with Crippen LogP contribution in [-0.4, -0.2) is 10.1 Å². The van der Waals surface area contributed by atoms with Crippen LogP contribution in [0.1, 0.15) is 5.56 Å². The number of aliphatic hydroxyl groups is 1. The third kappa shape index (κ3) is 2.87. The van der Waals surface area contributed by atoms with Gasteiger partial charge in [-0.2, -0.15) is 0 Å². The molecule has 1 heterocycles. The zero-order valence-corrected chi connectivity index (χ0v) is 13.0. The largest absolute Gasteiger partial charge is 0.392 e. The Hall–Kier alpha value is -1.36. The number of aromatic nitrogens is 1. The van der Waals surface area contributed by atoms with Gasteiger partial charge < -0.3 is 5.11 Å². The number of pyridine rings is 1. The molecular formula is C16H12BrNOS. The highest BCUT2D eigenvalue weighted by molar-refractivity contribution is 9.10. The summed E-state index contributed by atoms with van der Waals surface area (Å²) in [6.07, 6.45) is 0. The Morgan fingerprint density at radius 1 is 1.05 bits per heavy atom. The summed E-state index contributed by atoms with van der Waals surface area (Å²) >= 11 is 5.03. The average molecular weight is 346 g/mol. The van der Waals surface area contributed by atoms with Gasteiger partial charge in [0.1, 0.15) is 5.03 Å². The van der Waals surface area contributed by atoms with Crippen LogP contribution in [0.15, 0.2) is 69.0 Å². The molecule has 1 N–H and O–H groups in total. The van der Waals surface area contributed by atoms with Gasteiger partial charge in [0, 0.05) is 20.3 Å². The molecule has 0 saturated carbocycles. The van der Waals surface area contributed by atoms with Gasteiger partial charge in [0.05, 0.1) is 12.1 Å². The lowest BCUT2D eigenvalue weighted by Gasteiger charge is -2.08. The van der Waals surface area contributed by atoms with Crippen LogP contribution >= 0.6 is 27.7 Å². The number of hydrogen-bond acceptors (Lipinski definition) is 3. The number of benzene rings is 2. The summed E-state index contributed by atoms with van der Waals surface area (Å²) < 4.78 is 1.04. The Kier molecular flexibility index (Phi) is 4.05. The zero-order chi connectivity index (χ0) is 13.9. The lowest BCUT2D eigenvalue weighted by molar-refractivity contribution is 0.278. The molecule has 1 aromatic heterocycles. The topological polar surface area (TPSA) is 33.1 Å². The summed E-state index contributed by atoms with van der Waals surface area (Å²) in [5, 5.41) is 11.5. The first kappa shape index (κ1) is 13.6. The van der Waals surface area contributed by atoms with Crippen molar-refractivity contribution in [2.45, 2.75) is 16.5 Å². The molecule has 0 amide bonds. The molecule has 0 aliphatic carbocycles. The number of hydrogen-bond donors (Lipinski definition) is 1. The first-order valence-corrected chi connectivity index (χ1v) is 7.80. The summed E-state index contributed by atoms with van der Waals surface area (Å²) in [5.74, 6) is 0. The quantitative estimate of drug-likeness (QED) is 0.750. The van der Waals surface area contributed by atoms with E-state index in [-0.39, 0.29) is 6.61 Å². The van der Waals surface area contributed by atoms with Crippen LogP contribution < -0.4 is 0 Å². The van der Waals surface area contributed by atoms with E-state index in [9.17, 15) is 5.11 Å². The second kappa shape index (κ2) is 5.95. The zero-order valence-electron chi connectivity index (χ0n) is 10.6. The Bertz CT molecular complexity index is 760. The molecule has 20 heavy (non-hydrogen) atoms. The van der Waals surface area contributed by atoms with E-state index in [1.165, 1.54) is 0 Å². The molecule has 3 rings (SSSR count). The van der Waals surface area contributed by atoms with Crippen LogP contribution in [0.3, 0.4) is 0 Å². The smallest absolute Gasteiger partial charge is 0.107 e. The van der Waals surface area contributed by atoms with Crippen molar-refractivity contribution in [1.82, 2.24) is 4.98 Å². The predicted octanol–water partition coefficient (Wildman–Crippen LogP) is 4.64. The van der Waals surface area contributed by atoms with E-state index >= 15 is 0 Å². The monoisotopic (exact) mass is 345 g/mol. The molecule has 0 saturated heterocycles. The lowest BCUT2D eigenvalue weighted by Crippen LogP contribution is -1.92. The summed E-state index contributed by atoms with van der Waals surface area (Å²) in [4.78, 5) is 5.75. The lowest BCUT2D eigenvalue weighted by atomic mass is 10.2. The minimum absolute atomic E-state index is 0.00578. The minimum Gasteiger partial charge on any atom is -0.392 e. The highest BCUT2D eigenvalue weighted by Crippen LogP contribution is 2.32. The molecule has 2 nitrogen and oxygen atoms in total. The van der Waals surface area contributed by atoms with Crippen LogP contribution in [0.5, 0.6) is 0 Å². The highest BCUT2D eigenvalue weighted by Gasteiger charge is 2.08. The molecule has 3 aromatic rings. The number of halogens is 1. The fraction of sp³-hybridized carbons (Fsp3) is 0.0625. The number of nitrogens with zero attached hydrogens (tertiary/aromatic N) is 1. The van der Waals surface area contributed by atoms with Crippen molar-refractivity contribution in [3.63, 3.8) is 0 Å². The standard InChI is InChI=1S/C16H12BrNOS/c17-13-5-3-6-14(9-13)20-16-12(10-19)8-11-4-1-2-7-15(11)18-16/h1-9,19H,10H2. The fourth-order valence-corrected chi connectivity index (χ4v) is 3.49. The van der Waals surface area contributed by atoms with E-state index < -0.39 is 0 Å². The molecule has 4 heteroatoms. The third-order valence-corrected chi connectivity index (χ3v) is 4.47. The number of para-hydroxylation sites is 1. The normalized spacial score (nSPS) is 10.9. The molecule has 0 fully saturated rings. The van der Waals surface area contributed by atoms with Crippen LogP contribution in [0.25, 0.3) is 10.9 Å². The second-order valence-electron chi connectivity index (χ2n) is 4.36. The number of aliphatic hydroxyl groups excluding tert-OH is 1. The van der Waals surface area contributed by atoms with Crippen LogP contribution in [0, 0.1) is 0 Å². The van der Waals surface area contributed by atoms with E-state index in [0.29, 0.717) is 0 Å². The van der Waals surface area contributed by atoms with Gasteiger partial charge in [-0.25, -0.2) is 4.98 Å². The number of rotatable bonds is 3. The van der Waals surface area contributed by atoms with E-state index in [1.54, 1.807) is 11.8 Å². The molecule has 2 aromatic carbocycles. The van der Waals surface area contributed by atoms with Crippen LogP contribution in [-0.2, 0) is 6.61 Å². The first-order chi connectivity index (χ1) is 9.76. The van der Waals surface area contributed by atoms with E-state index in [2.05, 4.69) is 20.9 Å². The molecule has 0 radical (unpaired) electrons. The summed E-state index contributed by atoms with van der Waals surface area (Å²) in [7, 11) is 0. The summed E-state index contributed by atoms with van der Waals surface area (Å²) in [6, 6.07) is 18.0. The van der Waals surface area contributed by atoms with Gasteiger partial charge in [-0.3, -0.25) is 0 Å². The molecule has 100 valence electrons. The molecule has 0 spiro atoms. The van der Waals surface area contributed by atoms with Crippen LogP contribution in [0.4, 0.5) is 0 Å². The second-order valence-corrected chi connectivity index (χ2v) is 6.34. The van der Waals surface area contributed by atoms with E-state index in [1.807, 2.05) is 54.6 Å². The Morgan fingerprint density at radius 3 is 2.70 bits per heavy atom. The summed E-state index contributed by atoms with van der Waals surface area (Å²) in [6.45, 7) is -0.00578. The van der Waals surface area contributed by atoms with Gasteiger partial charge in [-0.05, 0) is 30.3 Å². The van der Waals surface area contributed by atoms with E-state index in [4.69, 9.17) is 0 Å². The van der Waals surface area contributed by atoms with Crippen molar-refractivity contribution in [3.8, 4) is 0 Å². The van der Waals surface area contributed by atoms with Gasteiger partial charge >= 0.3 is 0 Å². The molecular weight excluding hydrogens is 334 g/mol. The van der Waals surface area contributed by atoms with Crippen molar-refractivity contribution in [3.05, 3.63) is 64.6 Å². The van der Waals surface area contributed by atoms with Gasteiger partial charge in [0.25, 0.3) is 0 Å². The predicted molar refractivity (Wildman–Crippen MR) is 85.9 cm³/mol. The molecule has 0 aliphatic rings. The molecule has 0 aliphatic heterocycles. The maximum absolute atomic E-state index is 9.55. The van der Waals surface area contributed by atoms with Crippen molar-refractivity contribution in [2.24, 2.45) is 0 Å². The Balaban J connectivity index is 2.05. The van der Waals surface area contributed by atoms with Crippen LogP contribution in [0.2, 0.25) is 0 Å². The van der Waals surface area contributed by atoms with Gasteiger partial charge in [-0.15, -0.1) is 0 Å². The molecule has 0 unspecified atom stereocenters. The Morgan fingerprint density at radius 2 is 1.90 bits per heavy atom. The SMILES string of the molecule is OCc1cc2ccccc2nc1Sc1cccc(Br)c1. The van der Waals surface area contributed by atoms with Crippen molar-refractivity contribution < 1.29 is 5.11 Å². The van der Waals surface area contributed by atoms with E-state index in [0.717, 1.165) is 30.9 Å². The third-order valence-electron chi connectivity index (χ3n) is 2.94. The highest BCUT2D eigenvalue weighted by atomic mass is 79.9. The fourth-order valence-electron chi connectivity index (χ4n) is 1.99. The Labute approximate surface area is 130 Å². The van der Waals surface area contributed by atoms with Gasteiger partial charge in [0.15, 0.2) is 0 Å². The molecule has 0 bridgehead atoms. The maximum Gasteiger partial charge on any atom is 0.107 e. The van der Waals surface area contributed by atoms with Gasteiger partial charge in [-0.1, -0.05) is 52.0 Å². The number of fused-ring (bicyclic) bond motifs is 1. The maximum atomic E-state index is 9.55. The van der Waals surface area contributed by atoms with Crippen molar-refractivity contribution in [2.75, 3.05) is 0 Å². The molecule has 0 atom stereocenters. The summed E-state index contributed by atoms with van der Waals surface area (Å²) in [5.41, 5.74) is 1.80. The average Bonchev–Trinajstić information content (AvgIpc) is 2.46. The van der Waals surface area contributed by atoms with Crippen molar-refractivity contribution >= 4 is 38.6 Å². The van der Waals surface area contributed by atoms with Gasteiger partial charge in [0.2, 0.25) is 0 Å². The minimum atomic E-state index is -0.00578. The van der Waals surface area contributed by atoms with Crippen molar-refractivity contribution in [1.29, 1.82) is 0 Å². The first-order valence-electron chi connectivity index (χ1n) is 6.19.